The van der Waals surface area contributed by atoms with Crippen LogP contribution < -0.4 is 20.4 Å². The van der Waals surface area contributed by atoms with Crippen molar-refractivity contribution in [1.29, 1.82) is 0 Å². The summed E-state index contributed by atoms with van der Waals surface area (Å²) in [6.45, 7) is 3.12. The molecular formula is C22H22FN3O4. The van der Waals surface area contributed by atoms with Crippen LogP contribution in [0.25, 0.3) is 10.9 Å². The summed E-state index contributed by atoms with van der Waals surface area (Å²) in [6.07, 6.45) is 1.33. The number of nitrogens with one attached hydrogen (secondary N) is 1. The van der Waals surface area contributed by atoms with E-state index in [9.17, 15) is 19.1 Å². The highest BCUT2D eigenvalue weighted by Crippen LogP contribution is 2.26. The molecule has 2 aromatic carbocycles. The van der Waals surface area contributed by atoms with Gasteiger partial charge in [0, 0.05) is 44.3 Å². The van der Waals surface area contributed by atoms with Gasteiger partial charge in [0.25, 0.3) is 0 Å². The van der Waals surface area contributed by atoms with Gasteiger partial charge in [0.1, 0.15) is 17.1 Å². The quantitative estimate of drug-likeness (QED) is 0.670. The van der Waals surface area contributed by atoms with E-state index in [0.717, 1.165) is 24.7 Å². The molecule has 0 saturated carbocycles. The average molecular weight is 411 g/mol. The minimum absolute atomic E-state index is 0.0554. The van der Waals surface area contributed by atoms with Gasteiger partial charge in [-0.05, 0) is 29.8 Å². The number of methoxy groups -OCH3 is 1. The van der Waals surface area contributed by atoms with E-state index in [1.165, 1.54) is 6.20 Å². The molecule has 0 amide bonds. The van der Waals surface area contributed by atoms with Crippen LogP contribution in [-0.4, -0.2) is 48.9 Å². The number of piperazine rings is 1. The molecule has 0 unspecified atom stereocenters. The van der Waals surface area contributed by atoms with Crippen molar-refractivity contribution in [3.8, 4) is 5.75 Å². The zero-order valence-electron chi connectivity index (χ0n) is 16.5. The van der Waals surface area contributed by atoms with Gasteiger partial charge < -0.3 is 24.6 Å². The van der Waals surface area contributed by atoms with E-state index < -0.39 is 17.2 Å². The molecule has 30 heavy (non-hydrogen) atoms. The first kappa shape index (κ1) is 19.9. The lowest BCUT2D eigenvalue weighted by Gasteiger charge is -2.30. The number of pyridine rings is 1. The standard InChI is InChI=1S/C22H22FN3O4/c1-30-15-4-2-14(3-5-15)12-26-13-17(22(28)29)21(27)16-10-18(23)20(11-19(16)26)25-8-6-24-7-9-25/h2-5,10-11,13,24H,6-9,12H2,1H3,(H,28,29). The summed E-state index contributed by atoms with van der Waals surface area (Å²) in [4.78, 5) is 26.2. The second kappa shape index (κ2) is 8.16. The number of benzene rings is 2. The lowest BCUT2D eigenvalue weighted by Crippen LogP contribution is -2.43. The summed E-state index contributed by atoms with van der Waals surface area (Å²) in [5.74, 6) is -1.16. The van der Waals surface area contributed by atoms with Crippen LogP contribution in [0.3, 0.4) is 0 Å². The summed E-state index contributed by atoms with van der Waals surface area (Å²) >= 11 is 0. The lowest BCUT2D eigenvalue weighted by molar-refractivity contribution is 0.0695. The van der Waals surface area contributed by atoms with Crippen molar-refractivity contribution in [3.05, 3.63) is 69.8 Å². The maximum atomic E-state index is 14.9. The van der Waals surface area contributed by atoms with Gasteiger partial charge in [-0.3, -0.25) is 4.79 Å². The van der Waals surface area contributed by atoms with Crippen LogP contribution in [0.5, 0.6) is 5.75 Å². The third kappa shape index (κ3) is 3.73. The number of anilines is 1. The van der Waals surface area contributed by atoms with Gasteiger partial charge in [-0.1, -0.05) is 12.1 Å². The van der Waals surface area contributed by atoms with Crippen molar-refractivity contribution in [2.24, 2.45) is 0 Å². The summed E-state index contributed by atoms with van der Waals surface area (Å²) in [5, 5.41) is 12.8. The Balaban J connectivity index is 1.87. The molecule has 2 N–H and O–H groups in total. The zero-order valence-corrected chi connectivity index (χ0v) is 16.5. The maximum absolute atomic E-state index is 14.9. The number of rotatable bonds is 5. The number of aromatic nitrogens is 1. The van der Waals surface area contributed by atoms with Crippen molar-refractivity contribution in [2.75, 3.05) is 38.2 Å². The second-order valence-corrected chi connectivity index (χ2v) is 7.21. The van der Waals surface area contributed by atoms with Crippen molar-refractivity contribution < 1.29 is 19.0 Å². The number of carboxylic acids is 1. The molecule has 0 atom stereocenters. The van der Waals surface area contributed by atoms with E-state index >= 15 is 0 Å². The lowest BCUT2D eigenvalue weighted by atomic mass is 10.1. The number of ether oxygens (including phenoxy) is 1. The predicted octanol–water partition coefficient (Wildman–Crippen LogP) is 2.31. The number of carbonyl (C=O) groups is 1. The fraction of sp³-hybridized carbons (Fsp3) is 0.273. The number of nitrogens with zero attached hydrogens (tertiary/aromatic N) is 2. The van der Waals surface area contributed by atoms with Gasteiger partial charge in [0.2, 0.25) is 5.43 Å². The van der Waals surface area contributed by atoms with Crippen molar-refractivity contribution >= 4 is 22.6 Å². The molecule has 0 radical (unpaired) electrons. The van der Waals surface area contributed by atoms with E-state index in [-0.39, 0.29) is 10.9 Å². The van der Waals surface area contributed by atoms with Gasteiger partial charge in [-0.25, -0.2) is 9.18 Å². The molecule has 1 saturated heterocycles. The Morgan fingerprint density at radius 3 is 2.53 bits per heavy atom. The largest absolute Gasteiger partial charge is 0.497 e. The Kier molecular flexibility index (Phi) is 5.41. The molecular weight excluding hydrogens is 389 g/mol. The number of aromatic carboxylic acids is 1. The van der Waals surface area contributed by atoms with Crippen LogP contribution >= 0.6 is 0 Å². The molecule has 0 aliphatic carbocycles. The summed E-state index contributed by atoms with van der Waals surface area (Å²) in [6, 6.07) is 10.2. The molecule has 7 nitrogen and oxygen atoms in total. The third-order valence-electron chi connectivity index (χ3n) is 5.35. The molecule has 4 rings (SSSR count). The van der Waals surface area contributed by atoms with Gasteiger partial charge in [-0.15, -0.1) is 0 Å². The first-order valence-electron chi connectivity index (χ1n) is 9.66. The first-order valence-corrected chi connectivity index (χ1v) is 9.66. The van der Waals surface area contributed by atoms with Crippen LogP contribution in [0.1, 0.15) is 15.9 Å². The van der Waals surface area contributed by atoms with Crippen molar-refractivity contribution in [1.82, 2.24) is 9.88 Å². The molecule has 0 bridgehead atoms. The minimum Gasteiger partial charge on any atom is -0.497 e. The number of halogens is 1. The molecule has 156 valence electrons. The van der Waals surface area contributed by atoms with Crippen LogP contribution in [0.4, 0.5) is 10.1 Å². The second-order valence-electron chi connectivity index (χ2n) is 7.21. The van der Waals surface area contributed by atoms with Gasteiger partial charge in [0.15, 0.2) is 0 Å². The Morgan fingerprint density at radius 1 is 1.20 bits per heavy atom. The normalized spacial score (nSPS) is 14.1. The van der Waals surface area contributed by atoms with E-state index in [1.807, 2.05) is 29.2 Å². The number of hydrogen-bond donors (Lipinski definition) is 2. The smallest absolute Gasteiger partial charge is 0.341 e. The van der Waals surface area contributed by atoms with Crippen LogP contribution in [-0.2, 0) is 6.54 Å². The molecule has 1 aliphatic rings. The van der Waals surface area contributed by atoms with E-state index in [1.54, 1.807) is 17.7 Å². The van der Waals surface area contributed by atoms with Gasteiger partial charge in [0.05, 0.1) is 18.3 Å². The molecule has 1 aromatic heterocycles. The Bertz CT molecular complexity index is 1150. The van der Waals surface area contributed by atoms with Gasteiger partial charge in [-0.2, -0.15) is 0 Å². The van der Waals surface area contributed by atoms with Gasteiger partial charge >= 0.3 is 5.97 Å². The van der Waals surface area contributed by atoms with Crippen LogP contribution in [0.2, 0.25) is 0 Å². The van der Waals surface area contributed by atoms with E-state index in [0.29, 0.717) is 36.6 Å². The summed E-state index contributed by atoms with van der Waals surface area (Å²) in [5.41, 5.74) is 0.732. The SMILES string of the molecule is COc1ccc(Cn2cc(C(=O)O)c(=O)c3cc(F)c(N4CCNCC4)cc32)cc1. The fourth-order valence-corrected chi connectivity index (χ4v) is 3.76. The average Bonchev–Trinajstić information content (AvgIpc) is 2.76. The number of carboxylic acid groups (broad SMARTS) is 1. The molecule has 2 heterocycles. The van der Waals surface area contributed by atoms with E-state index in [2.05, 4.69) is 5.32 Å². The highest BCUT2D eigenvalue weighted by atomic mass is 19.1. The molecule has 8 heteroatoms. The zero-order chi connectivity index (χ0) is 21.3. The maximum Gasteiger partial charge on any atom is 0.341 e. The fourth-order valence-electron chi connectivity index (χ4n) is 3.76. The predicted molar refractivity (Wildman–Crippen MR) is 112 cm³/mol. The Hall–Kier alpha value is -3.39. The number of hydrogen-bond acceptors (Lipinski definition) is 5. The monoisotopic (exact) mass is 411 g/mol. The number of fused-ring (bicyclic) bond motifs is 1. The Labute approximate surface area is 172 Å². The topological polar surface area (TPSA) is 83.8 Å². The van der Waals surface area contributed by atoms with E-state index in [4.69, 9.17) is 4.74 Å². The highest BCUT2D eigenvalue weighted by molar-refractivity contribution is 5.93. The van der Waals surface area contributed by atoms with Crippen molar-refractivity contribution in [3.63, 3.8) is 0 Å². The summed E-state index contributed by atoms with van der Waals surface area (Å²) in [7, 11) is 1.58. The molecule has 1 aliphatic heterocycles. The highest BCUT2D eigenvalue weighted by Gasteiger charge is 2.20. The van der Waals surface area contributed by atoms with Crippen LogP contribution in [0, 0.1) is 5.82 Å². The minimum atomic E-state index is -1.34. The third-order valence-corrected chi connectivity index (χ3v) is 5.35. The van der Waals surface area contributed by atoms with Crippen molar-refractivity contribution in [2.45, 2.75) is 6.54 Å². The molecule has 0 spiro atoms. The molecule has 3 aromatic rings. The van der Waals surface area contributed by atoms with Crippen LogP contribution in [0.15, 0.2) is 47.4 Å². The Morgan fingerprint density at radius 2 is 1.90 bits per heavy atom. The first-order chi connectivity index (χ1) is 14.5. The molecule has 1 fully saturated rings. The summed E-state index contributed by atoms with van der Waals surface area (Å²) < 4.78 is 21.7.